The number of nitrogens with two attached hydrogens (primary N) is 1. The van der Waals surface area contributed by atoms with E-state index < -0.39 is 0 Å². The summed E-state index contributed by atoms with van der Waals surface area (Å²) in [5.74, 6) is 0.108. The smallest absolute Gasteiger partial charge is 0.223 e. The molecule has 0 fully saturated rings. The summed E-state index contributed by atoms with van der Waals surface area (Å²) in [7, 11) is 0. The molecule has 100 valence electrons. The second-order valence-electron chi connectivity index (χ2n) is 4.28. The number of thiophene rings is 1. The van der Waals surface area contributed by atoms with Crippen LogP contribution in [-0.2, 0) is 11.3 Å². The van der Waals surface area contributed by atoms with Crippen LogP contribution in [0.25, 0.3) is 0 Å². The molecular formula is C13H19ClN2OS. The van der Waals surface area contributed by atoms with Crippen molar-refractivity contribution in [2.45, 2.75) is 32.4 Å². The first kappa shape index (κ1) is 15.2. The zero-order valence-corrected chi connectivity index (χ0v) is 12.1. The van der Waals surface area contributed by atoms with Crippen molar-refractivity contribution >= 4 is 28.8 Å². The first-order valence-electron chi connectivity index (χ1n) is 5.91. The Morgan fingerprint density at radius 2 is 2.39 bits per heavy atom. The predicted octanol–water partition coefficient (Wildman–Crippen LogP) is 3.04. The van der Waals surface area contributed by atoms with Gasteiger partial charge in [0.1, 0.15) is 0 Å². The highest BCUT2D eigenvalue weighted by atomic mass is 35.5. The van der Waals surface area contributed by atoms with Gasteiger partial charge in [0.05, 0.1) is 10.9 Å². The first-order valence-corrected chi connectivity index (χ1v) is 7.11. The van der Waals surface area contributed by atoms with Gasteiger partial charge >= 0.3 is 0 Å². The van der Waals surface area contributed by atoms with Crippen molar-refractivity contribution in [2.24, 2.45) is 5.73 Å². The molecule has 0 aliphatic heterocycles. The number of carbonyl (C=O) groups is 1. The number of rotatable bonds is 7. The molecule has 0 saturated heterocycles. The van der Waals surface area contributed by atoms with Crippen molar-refractivity contribution < 1.29 is 4.79 Å². The fraction of sp³-hybridized carbons (Fsp3) is 0.462. The Morgan fingerprint density at radius 1 is 1.67 bits per heavy atom. The minimum Gasteiger partial charge on any atom is -0.334 e. The van der Waals surface area contributed by atoms with E-state index in [0.29, 0.717) is 25.9 Å². The summed E-state index contributed by atoms with van der Waals surface area (Å²) in [6.45, 7) is 6.72. The van der Waals surface area contributed by atoms with Crippen LogP contribution in [0.3, 0.4) is 0 Å². The number of carbonyl (C=O) groups excluding carboxylic acids is 1. The molecule has 2 N–H and O–H groups in total. The molecule has 5 heteroatoms. The SMILES string of the molecule is C=CCN(Cc1ccc(Cl)s1)C(=O)CCC(C)N. The Kier molecular flexibility index (Phi) is 6.39. The highest BCUT2D eigenvalue weighted by Crippen LogP contribution is 2.23. The second-order valence-corrected chi connectivity index (χ2v) is 6.08. The molecule has 0 aliphatic carbocycles. The average Bonchev–Trinajstić information content (AvgIpc) is 2.71. The van der Waals surface area contributed by atoms with Gasteiger partial charge in [-0.05, 0) is 25.5 Å². The van der Waals surface area contributed by atoms with Crippen LogP contribution in [0.2, 0.25) is 4.34 Å². The van der Waals surface area contributed by atoms with Crippen molar-refractivity contribution in [1.29, 1.82) is 0 Å². The summed E-state index contributed by atoms with van der Waals surface area (Å²) in [4.78, 5) is 14.9. The van der Waals surface area contributed by atoms with E-state index in [2.05, 4.69) is 6.58 Å². The lowest BCUT2D eigenvalue weighted by atomic mass is 10.2. The Morgan fingerprint density at radius 3 is 2.89 bits per heavy atom. The summed E-state index contributed by atoms with van der Waals surface area (Å²) in [6.07, 6.45) is 2.92. The van der Waals surface area contributed by atoms with E-state index in [1.807, 2.05) is 19.1 Å². The van der Waals surface area contributed by atoms with E-state index in [1.165, 1.54) is 11.3 Å². The van der Waals surface area contributed by atoms with Gasteiger partial charge in [0.15, 0.2) is 0 Å². The molecule has 1 amide bonds. The third-order valence-electron chi connectivity index (χ3n) is 2.49. The quantitative estimate of drug-likeness (QED) is 0.783. The van der Waals surface area contributed by atoms with E-state index in [0.717, 1.165) is 9.21 Å². The average molecular weight is 287 g/mol. The molecular weight excluding hydrogens is 268 g/mol. The molecule has 3 nitrogen and oxygen atoms in total. The molecule has 1 unspecified atom stereocenters. The first-order chi connectivity index (χ1) is 8.52. The van der Waals surface area contributed by atoms with Crippen LogP contribution in [0.15, 0.2) is 24.8 Å². The maximum atomic E-state index is 12.0. The van der Waals surface area contributed by atoms with Crippen molar-refractivity contribution in [2.75, 3.05) is 6.54 Å². The number of hydrogen-bond donors (Lipinski definition) is 1. The molecule has 1 aromatic heterocycles. The molecule has 0 bridgehead atoms. The fourth-order valence-corrected chi connectivity index (χ4v) is 2.65. The zero-order valence-electron chi connectivity index (χ0n) is 10.6. The lowest BCUT2D eigenvalue weighted by Gasteiger charge is -2.20. The van der Waals surface area contributed by atoms with Gasteiger partial charge in [0, 0.05) is 23.9 Å². The summed E-state index contributed by atoms with van der Waals surface area (Å²) < 4.78 is 0.742. The summed E-state index contributed by atoms with van der Waals surface area (Å²) >= 11 is 7.38. The van der Waals surface area contributed by atoms with E-state index in [4.69, 9.17) is 17.3 Å². The zero-order chi connectivity index (χ0) is 13.5. The molecule has 0 saturated carbocycles. The summed E-state index contributed by atoms with van der Waals surface area (Å²) in [5, 5.41) is 0. The van der Waals surface area contributed by atoms with Crippen LogP contribution in [0.1, 0.15) is 24.6 Å². The third kappa shape index (κ3) is 5.21. The van der Waals surface area contributed by atoms with Crippen LogP contribution in [0.5, 0.6) is 0 Å². The van der Waals surface area contributed by atoms with Crippen LogP contribution in [0, 0.1) is 0 Å². The molecule has 1 heterocycles. The van der Waals surface area contributed by atoms with E-state index in [9.17, 15) is 4.79 Å². The van der Waals surface area contributed by atoms with Gasteiger partial charge in [-0.15, -0.1) is 17.9 Å². The van der Waals surface area contributed by atoms with E-state index in [1.54, 1.807) is 11.0 Å². The molecule has 1 atom stereocenters. The largest absolute Gasteiger partial charge is 0.334 e. The number of hydrogen-bond acceptors (Lipinski definition) is 3. The van der Waals surface area contributed by atoms with Crippen LogP contribution >= 0.6 is 22.9 Å². The number of nitrogens with zero attached hydrogens (tertiary/aromatic N) is 1. The van der Waals surface area contributed by atoms with Crippen LogP contribution in [0.4, 0.5) is 0 Å². The van der Waals surface area contributed by atoms with Crippen molar-refractivity contribution in [3.8, 4) is 0 Å². The van der Waals surface area contributed by atoms with Crippen LogP contribution in [-0.4, -0.2) is 23.4 Å². The predicted molar refractivity (Wildman–Crippen MR) is 77.8 cm³/mol. The Balaban J connectivity index is 2.58. The standard InChI is InChI=1S/C13H19ClN2OS/c1-3-8-16(13(17)7-4-10(2)15)9-11-5-6-12(14)18-11/h3,5-6,10H,1,4,7-9,15H2,2H3. The minimum absolute atomic E-state index is 0.0516. The highest BCUT2D eigenvalue weighted by molar-refractivity contribution is 7.16. The molecule has 0 spiro atoms. The van der Waals surface area contributed by atoms with Gasteiger partial charge in [0.2, 0.25) is 5.91 Å². The molecule has 1 rings (SSSR count). The summed E-state index contributed by atoms with van der Waals surface area (Å²) in [5.41, 5.74) is 5.66. The third-order valence-corrected chi connectivity index (χ3v) is 3.71. The van der Waals surface area contributed by atoms with Crippen LogP contribution < -0.4 is 5.73 Å². The Labute approximate surface area is 117 Å². The normalized spacial score (nSPS) is 12.2. The van der Waals surface area contributed by atoms with Crippen molar-refractivity contribution in [3.63, 3.8) is 0 Å². The molecule has 0 radical (unpaired) electrons. The van der Waals surface area contributed by atoms with E-state index in [-0.39, 0.29) is 11.9 Å². The van der Waals surface area contributed by atoms with Crippen molar-refractivity contribution in [3.05, 3.63) is 34.0 Å². The number of amides is 1. The van der Waals surface area contributed by atoms with Gasteiger partial charge in [-0.25, -0.2) is 0 Å². The van der Waals surface area contributed by atoms with Gasteiger partial charge in [-0.2, -0.15) is 0 Å². The second kappa shape index (κ2) is 7.56. The van der Waals surface area contributed by atoms with Crippen molar-refractivity contribution in [1.82, 2.24) is 4.90 Å². The lowest BCUT2D eigenvalue weighted by molar-refractivity contribution is -0.131. The van der Waals surface area contributed by atoms with Gasteiger partial charge in [0.25, 0.3) is 0 Å². The Bertz CT molecular complexity index is 403. The lowest BCUT2D eigenvalue weighted by Crippen LogP contribution is -2.31. The minimum atomic E-state index is 0.0516. The van der Waals surface area contributed by atoms with Gasteiger partial charge in [-0.3, -0.25) is 4.79 Å². The van der Waals surface area contributed by atoms with Gasteiger partial charge < -0.3 is 10.6 Å². The highest BCUT2D eigenvalue weighted by Gasteiger charge is 2.14. The molecule has 18 heavy (non-hydrogen) atoms. The fourth-order valence-electron chi connectivity index (χ4n) is 1.54. The molecule has 1 aromatic rings. The summed E-state index contributed by atoms with van der Waals surface area (Å²) in [6, 6.07) is 3.85. The van der Waals surface area contributed by atoms with Gasteiger partial charge in [-0.1, -0.05) is 17.7 Å². The van der Waals surface area contributed by atoms with E-state index >= 15 is 0 Å². The maximum Gasteiger partial charge on any atom is 0.223 e. The molecule has 0 aliphatic rings. The Hall–Kier alpha value is -0.840. The topological polar surface area (TPSA) is 46.3 Å². The molecule has 0 aromatic carbocycles. The number of halogens is 1. The monoisotopic (exact) mass is 286 g/mol. The maximum absolute atomic E-state index is 12.0.